The number of rotatable bonds is 1. The van der Waals surface area contributed by atoms with Gasteiger partial charge in [-0.25, -0.2) is 4.98 Å². The lowest BCUT2D eigenvalue weighted by atomic mass is 9.99. The molecule has 1 aliphatic heterocycles. The molecule has 16 heavy (non-hydrogen) atoms. The van der Waals surface area contributed by atoms with Crippen LogP contribution >= 0.6 is 31.9 Å². The maximum absolute atomic E-state index is 4.33. The van der Waals surface area contributed by atoms with Gasteiger partial charge in [-0.3, -0.25) is 0 Å². The number of aromatic nitrogens is 1. The van der Waals surface area contributed by atoms with E-state index in [9.17, 15) is 0 Å². The third-order valence-corrected chi connectivity index (χ3v) is 5.22. The van der Waals surface area contributed by atoms with Crippen LogP contribution in [0.5, 0.6) is 0 Å². The first-order valence-corrected chi connectivity index (χ1v) is 7.05. The molecule has 0 unspecified atom stereocenters. The zero-order valence-corrected chi connectivity index (χ0v) is 11.9. The number of nitrogens with zero attached hydrogens (tertiary/aromatic N) is 1. The Kier molecular flexibility index (Phi) is 2.90. The predicted octanol–water partition coefficient (Wildman–Crippen LogP) is 3.23. The fourth-order valence-corrected chi connectivity index (χ4v) is 3.16. The maximum Gasteiger partial charge on any atom is 0.120 e. The van der Waals surface area contributed by atoms with Gasteiger partial charge in [0.05, 0.1) is 4.47 Å². The van der Waals surface area contributed by atoms with E-state index < -0.39 is 0 Å². The Labute approximate surface area is 112 Å². The smallest absolute Gasteiger partial charge is 0.120 e. The summed E-state index contributed by atoms with van der Waals surface area (Å²) in [6.07, 6.45) is 5.56. The van der Waals surface area contributed by atoms with Gasteiger partial charge in [-0.2, -0.15) is 0 Å². The summed E-state index contributed by atoms with van der Waals surface area (Å²) in [5.74, 6) is 1.54. The summed E-state index contributed by atoms with van der Waals surface area (Å²) in [5, 5.41) is 3.44. The molecule has 0 bridgehead atoms. The van der Waals surface area contributed by atoms with Gasteiger partial charge in [-0.1, -0.05) is 6.08 Å². The third kappa shape index (κ3) is 1.87. The molecule has 2 nitrogen and oxygen atoms in total. The number of halogens is 2. The van der Waals surface area contributed by atoms with Crippen LogP contribution in [0.2, 0.25) is 0 Å². The number of hydrogen-bond acceptors (Lipinski definition) is 2. The van der Waals surface area contributed by atoms with E-state index in [0.29, 0.717) is 0 Å². The van der Waals surface area contributed by atoms with E-state index in [0.717, 1.165) is 34.0 Å². The van der Waals surface area contributed by atoms with Crippen LogP contribution in [0.15, 0.2) is 27.4 Å². The van der Waals surface area contributed by atoms with Crippen molar-refractivity contribution in [3.63, 3.8) is 0 Å². The van der Waals surface area contributed by atoms with Crippen LogP contribution in [-0.4, -0.2) is 18.1 Å². The minimum Gasteiger partial charge on any atom is -0.316 e. The van der Waals surface area contributed by atoms with E-state index in [4.69, 9.17) is 0 Å². The molecule has 0 radical (unpaired) electrons. The maximum atomic E-state index is 4.33. The topological polar surface area (TPSA) is 24.9 Å². The van der Waals surface area contributed by atoms with Gasteiger partial charge in [0.25, 0.3) is 0 Å². The summed E-state index contributed by atoms with van der Waals surface area (Å²) in [7, 11) is 0. The second-order valence-electron chi connectivity index (χ2n) is 4.47. The number of hydrogen-bond donors (Lipinski definition) is 1. The molecule has 1 saturated heterocycles. The lowest BCUT2D eigenvalue weighted by Gasteiger charge is -2.07. The van der Waals surface area contributed by atoms with Gasteiger partial charge < -0.3 is 5.32 Å². The van der Waals surface area contributed by atoms with Gasteiger partial charge in [-0.05, 0) is 73.9 Å². The summed E-state index contributed by atoms with van der Waals surface area (Å²) in [6, 6.07) is 2.15. The van der Waals surface area contributed by atoms with Gasteiger partial charge in [0, 0.05) is 12.7 Å². The monoisotopic (exact) mass is 342 g/mol. The highest BCUT2D eigenvalue weighted by Crippen LogP contribution is 2.39. The largest absolute Gasteiger partial charge is 0.316 e. The predicted molar refractivity (Wildman–Crippen MR) is 72.1 cm³/mol. The van der Waals surface area contributed by atoms with Gasteiger partial charge >= 0.3 is 0 Å². The Morgan fingerprint density at radius 3 is 2.94 bits per heavy atom. The van der Waals surface area contributed by atoms with Crippen LogP contribution in [0, 0.1) is 11.8 Å². The minimum absolute atomic E-state index is 0.734. The Morgan fingerprint density at radius 2 is 2.19 bits per heavy atom. The molecule has 0 aromatic carbocycles. The molecule has 1 aliphatic carbocycles. The quantitative estimate of drug-likeness (QED) is 0.792. The highest BCUT2D eigenvalue weighted by Gasteiger charge is 2.31. The Morgan fingerprint density at radius 1 is 1.31 bits per heavy atom. The molecule has 1 fully saturated rings. The first kappa shape index (κ1) is 10.9. The highest BCUT2D eigenvalue weighted by atomic mass is 79.9. The molecular formula is C12H12Br2N2. The summed E-state index contributed by atoms with van der Waals surface area (Å²) < 4.78 is 1.90. The van der Waals surface area contributed by atoms with Gasteiger partial charge in [0.1, 0.15) is 4.60 Å². The van der Waals surface area contributed by atoms with Crippen LogP contribution in [0.25, 0.3) is 5.57 Å². The molecule has 3 rings (SSSR count). The molecule has 4 heteroatoms. The van der Waals surface area contributed by atoms with Crippen LogP contribution < -0.4 is 5.32 Å². The lowest BCUT2D eigenvalue weighted by molar-refractivity contribution is 0.536. The normalized spacial score (nSPS) is 28.0. The molecule has 1 aromatic heterocycles. The fourth-order valence-electron chi connectivity index (χ4n) is 2.59. The van der Waals surface area contributed by atoms with Crippen molar-refractivity contribution in [2.45, 2.75) is 6.42 Å². The van der Waals surface area contributed by atoms with Crippen molar-refractivity contribution >= 4 is 37.4 Å². The summed E-state index contributed by atoms with van der Waals surface area (Å²) >= 11 is 6.90. The summed E-state index contributed by atoms with van der Waals surface area (Å²) in [4.78, 5) is 4.33. The van der Waals surface area contributed by atoms with Crippen molar-refractivity contribution in [2.75, 3.05) is 13.1 Å². The number of allylic oxidation sites excluding steroid dienone is 1. The Hall–Kier alpha value is -0.190. The van der Waals surface area contributed by atoms with Crippen LogP contribution in [-0.2, 0) is 0 Å². The van der Waals surface area contributed by atoms with Gasteiger partial charge in [-0.15, -0.1) is 0 Å². The fraction of sp³-hybridized carbons (Fsp3) is 0.417. The first-order chi connectivity index (χ1) is 7.74. The molecule has 2 aliphatic rings. The van der Waals surface area contributed by atoms with E-state index in [2.05, 4.69) is 54.3 Å². The Bertz CT molecular complexity index is 456. The molecule has 2 atom stereocenters. The number of nitrogens with one attached hydrogen (secondary N) is 1. The van der Waals surface area contributed by atoms with Crippen molar-refractivity contribution in [3.05, 3.63) is 33.0 Å². The van der Waals surface area contributed by atoms with Crippen LogP contribution in [0.1, 0.15) is 12.0 Å². The molecule has 0 amide bonds. The third-order valence-electron chi connectivity index (χ3n) is 3.46. The number of pyridine rings is 1. The van der Waals surface area contributed by atoms with Crippen LogP contribution in [0.4, 0.5) is 0 Å². The van der Waals surface area contributed by atoms with E-state index in [1.165, 1.54) is 17.6 Å². The van der Waals surface area contributed by atoms with Gasteiger partial charge in [0.2, 0.25) is 0 Å². The average molecular weight is 344 g/mol. The molecule has 84 valence electrons. The average Bonchev–Trinajstić information content (AvgIpc) is 2.81. The zero-order valence-electron chi connectivity index (χ0n) is 8.71. The second-order valence-corrected chi connectivity index (χ2v) is 6.08. The molecule has 2 heterocycles. The van der Waals surface area contributed by atoms with E-state index in [1.54, 1.807) is 0 Å². The van der Waals surface area contributed by atoms with Crippen molar-refractivity contribution in [1.29, 1.82) is 0 Å². The Balaban J connectivity index is 1.90. The number of fused-ring (bicyclic) bond motifs is 1. The molecule has 1 N–H and O–H groups in total. The van der Waals surface area contributed by atoms with Crippen LogP contribution in [0.3, 0.4) is 0 Å². The van der Waals surface area contributed by atoms with E-state index in [-0.39, 0.29) is 0 Å². The van der Waals surface area contributed by atoms with E-state index >= 15 is 0 Å². The zero-order chi connectivity index (χ0) is 11.1. The highest BCUT2D eigenvalue weighted by molar-refractivity contribution is 9.13. The standard InChI is InChI=1S/C12H12Br2N2/c13-11-3-10(6-16-12(11)14)7-1-8-4-15-5-9(8)2-7/h1,3,6,8-9,15H,2,4-5H2/t8-,9+/m1/s1. The van der Waals surface area contributed by atoms with Crippen molar-refractivity contribution < 1.29 is 0 Å². The molecule has 0 saturated carbocycles. The first-order valence-electron chi connectivity index (χ1n) is 5.47. The van der Waals surface area contributed by atoms with E-state index in [1.807, 2.05) is 6.20 Å². The van der Waals surface area contributed by atoms with Crippen molar-refractivity contribution in [2.24, 2.45) is 11.8 Å². The minimum atomic E-state index is 0.734. The second kappa shape index (κ2) is 4.24. The summed E-state index contributed by atoms with van der Waals surface area (Å²) in [6.45, 7) is 2.30. The van der Waals surface area contributed by atoms with Crippen molar-refractivity contribution in [1.82, 2.24) is 10.3 Å². The molecule has 1 aromatic rings. The molecular weight excluding hydrogens is 332 g/mol. The molecule has 0 spiro atoms. The summed E-state index contributed by atoms with van der Waals surface area (Å²) in [5.41, 5.74) is 2.71. The van der Waals surface area contributed by atoms with Gasteiger partial charge in [0.15, 0.2) is 0 Å². The van der Waals surface area contributed by atoms with Crippen molar-refractivity contribution in [3.8, 4) is 0 Å². The lowest BCUT2D eigenvalue weighted by Crippen LogP contribution is -2.09. The SMILES string of the molecule is Brc1cc(C2=C[C@@H]3CNC[C@@H]3C2)cnc1Br.